The third-order valence-electron chi connectivity index (χ3n) is 3.13. The first-order valence-corrected chi connectivity index (χ1v) is 7.11. The van der Waals surface area contributed by atoms with Crippen LogP contribution in [0.2, 0.25) is 0 Å². The van der Waals surface area contributed by atoms with Crippen molar-refractivity contribution in [2.24, 2.45) is 10.9 Å². The molecule has 0 fully saturated rings. The number of halogens is 1. The molecule has 1 atom stereocenters. The number of aliphatic imine (C=N–C) groups is 1. The summed E-state index contributed by atoms with van der Waals surface area (Å²) in [5.74, 6) is -0.149. The maximum atomic E-state index is 12.0. The average molecular weight is 337 g/mol. The minimum absolute atomic E-state index is 0.225. The van der Waals surface area contributed by atoms with Gasteiger partial charge in [-0.1, -0.05) is 34.2 Å². The zero-order chi connectivity index (χ0) is 14.7. The van der Waals surface area contributed by atoms with E-state index in [1.807, 2.05) is 37.2 Å². The molecule has 0 amide bonds. The number of rotatable bonds is 3. The second-order valence-electron chi connectivity index (χ2n) is 4.83. The Labute approximate surface area is 127 Å². The monoisotopic (exact) mass is 336 g/mol. The fourth-order valence-corrected chi connectivity index (χ4v) is 2.84. The van der Waals surface area contributed by atoms with Gasteiger partial charge in [0.15, 0.2) is 0 Å². The Hall–Kier alpha value is -1.62. The highest BCUT2D eigenvalue weighted by atomic mass is 79.9. The summed E-state index contributed by atoms with van der Waals surface area (Å²) in [4.78, 5) is 18.3. The van der Waals surface area contributed by atoms with Crippen LogP contribution < -0.4 is 0 Å². The number of methoxy groups -OCH3 is 1. The Morgan fingerprint density at radius 1 is 1.55 bits per heavy atom. The molecule has 0 saturated heterocycles. The van der Waals surface area contributed by atoms with Crippen LogP contribution in [-0.2, 0) is 9.53 Å². The van der Waals surface area contributed by atoms with Crippen LogP contribution in [0.4, 0.5) is 0 Å². The first-order valence-electron chi connectivity index (χ1n) is 6.32. The summed E-state index contributed by atoms with van der Waals surface area (Å²) in [5.41, 5.74) is 2.21. The number of fused-ring (bicyclic) bond motifs is 1. The fraction of sp³-hybridized carbons (Fsp3) is 0.333. The van der Waals surface area contributed by atoms with E-state index < -0.39 is 0 Å². The van der Waals surface area contributed by atoms with Gasteiger partial charge in [-0.2, -0.15) is 0 Å². The van der Waals surface area contributed by atoms with Crippen LogP contribution in [0.1, 0.15) is 6.42 Å². The molecule has 0 N–H and O–H groups in total. The van der Waals surface area contributed by atoms with E-state index in [2.05, 4.69) is 27.0 Å². The van der Waals surface area contributed by atoms with E-state index in [0.717, 1.165) is 16.5 Å². The Morgan fingerprint density at radius 3 is 2.95 bits per heavy atom. The predicted octanol–water partition coefficient (Wildman–Crippen LogP) is 2.80. The summed E-state index contributed by atoms with van der Waals surface area (Å²) < 4.78 is 5.84. The van der Waals surface area contributed by atoms with E-state index in [4.69, 9.17) is 4.74 Å². The van der Waals surface area contributed by atoms with Crippen LogP contribution in [0.25, 0.3) is 0 Å². The molecule has 0 aromatic heterocycles. The summed E-state index contributed by atoms with van der Waals surface area (Å²) in [6, 6.07) is 0. The molecule has 20 heavy (non-hydrogen) atoms. The molecular formula is C15H17BrN2O2. The highest BCUT2D eigenvalue weighted by molar-refractivity contribution is 9.11. The molecule has 5 heteroatoms. The standard InChI is InChI=1S/C15H17BrN2O2/c1-18(2)9-17-14-11-7-5-4-6-10(11)13(16)8-12(14)15(19)20-3/h4-5,7-10H,6H2,1-3H3/b17-9+. The second kappa shape index (κ2) is 6.22. The summed E-state index contributed by atoms with van der Waals surface area (Å²) >= 11 is 3.56. The van der Waals surface area contributed by atoms with E-state index in [1.165, 1.54) is 7.11 Å². The van der Waals surface area contributed by atoms with E-state index >= 15 is 0 Å². The molecule has 2 aliphatic carbocycles. The quantitative estimate of drug-likeness (QED) is 0.452. The van der Waals surface area contributed by atoms with Gasteiger partial charge in [0, 0.05) is 24.5 Å². The Balaban J connectivity index is 2.56. The van der Waals surface area contributed by atoms with E-state index in [9.17, 15) is 4.79 Å². The lowest BCUT2D eigenvalue weighted by Crippen LogP contribution is -2.19. The van der Waals surface area contributed by atoms with Gasteiger partial charge in [-0.05, 0) is 18.1 Å². The van der Waals surface area contributed by atoms with Crippen molar-refractivity contribution >= 4 is 28.2 Å². The van der Waals surface area contributed by atoms with E-state index in [1.54, 1.807) is 6.34 Å². The molecule has 106 valence electrons. The minimum Gasteiger partial charge on any atom is -0.465 e. The average Bonchev–Trinajstić information content (AvgIpc) is 2.45. The van der Waals surface area contributed by atoms with Crippen molar-refractivity contribution < 1.29 is 9.53 Å². The van der Waals surface area contributed by atoms with Crippen LogP contribution in [0.3, 0.4) is 0 Å². The topological polar surface area (TPSA) is 41.9 Å². The SMILES string of the molecule is COC(=O)C1=C(/N=C/N(C)C)C2=CC=CCC2C(Br)=C1. The number of allylic oxidation sites excluding steroid dienone is 5. The lowest BCUT2D eigenvalue weighted by Gasteiger charge is -2.27. The zero-order valence-electron chi connectivity index (χ0n) is 11.8. The first kappa shape index (κ1) is 14.8. The Morgan fingerprint density at radius 2 is 2.30 bits per heavy atom. The molecule has 0 bridgehead atoms. The number of hydrogen-bond donors (Lipinski definition) is 0. The Bertz CT molecular complexity index is 568. The number of carbonyl (C=O) groups is 1. The maximum Gasteiger partial charge on any atom is 0.340 e. The van der Waals surface area contributed by atoms with Gasteiger partial charge in [0.1, 0.15) is 0 Å². The van der Waals surface area contributed by atoms with Gasteiger partial charge in [-0.15, -0.1) is 0 Å². The molecule has 0 radical (unpaired) electrons. The van der Waals surface area contributed by atoms with Gasteiger partial charge in [0.05, 0.1) is 24.7 Å². The highest BCUT2D eigenvalue weighted by Gasteiger charge is 2.30. The van der Waals surface area contributed by atoms with Crippen molar-refractivity contribution in [3.63, 3.8) is 0 Å². The fourth-order valence-electron chi connectivity index (χ4n) is 2.18. The number of nitrogens with zero attached hydrogens (tertiary/aromatic N) is 2. The molecule has 1 unspecified atom stereocenters. The van der Waals surface area contributed by atoms with Crippen LogP contribution in [0.15, 0.2) is 50.6 Å². The molecule has 2 aliphatic rings. The van der Waals surface area contributed by atoms with Gasteiger partial charge in [-0.25, -0.2) is 9.79 Å². The van der Waals surface area contributed by atoms with E-state index in [-0.39, 0.29) is 11.9 Å². The largest absolute Gasteiger partial charge is 0.465 e. The smallest absolute Gasteiger partial charge is 0.340 e. The molecule has 0 aromatic carbocycles. The number of hydrogen-bond acceptors (Lipinski definition) is 3. The van der Waals surface area contributed by atoms with Crippen LogP contribution in [0.5, 0.6) is 0 Å². The molecule has 0 aromatic rings. The van der Waals surface area contributed by atoms with Crippen molar-refractivity contribution in [1.82, 2.24) is 4.90 Å². The van der Waals surface area contributed by atoms with Gasteiger partial charge in [-0.3, -0.25) is 0 Å². The molecule has 0 saturated carbocycles. The molecule has 0 spiro atoms. The molecule has 0 aliphatic heterocycles. The number of ether oxygens (including phenoxy) is 1. The second-order valence-corrected chi connectivity index (χ2v) is 5.75. The maximum absolute atomic E-state index is 12.0. The highest BCUT2D eigenvalue weighted by Crippen LogP contribution is 2.41. The summed E-state index contributed by atoms with van der Waals surface area (Å²) in [6.45, 7) is 0. The van der Waals surface area contributed by atoms with Crippen molar-refractivity contribution in [1.29, 1.82) is 0 Å². The zero-order valence-corrected chi connectivity index (χ0v) is 13.3. The molecular weight excluding hydrogens is 320 g/mol. The first-order chi connectivity index (χ1) is 9.54. The number of carbonyl (C=O) groups excluding carboxylic acids is 1. The van der Waals surface area contributed by atoms with Gasteiger partial charge in [0.25, 0.3) is 0 Å². The van der Waals surface area contributed by atoms with Crippen molar-refractivity contribution in [2.45, 2.75) is 6.42 Å². The molecule has 0 heterocycles. The third kappa shape index (κ3) is 2.93. The van der Waals surface area contributed by atoms with E-state index in [0.29, 0.717) is 11.3 Å². The lowest BCUT2D eigenvalue weighted by atomic mass is 9.83. The number of esters is 1. The van der Waals surface area contributed by atoms with Crippen molar-refractivity contribution in [3.8, 4) is 0 Å². The minimum atomic E-state index is -0.373. The van der Waals surface area contributed by atoms with Crippen LogP contribution >= 0.6 is 15.9 Å². The van der Waals surface area contributed by atoms with Crippen LogP contribution in [-0.4, -0.2) is 38.4 Å². The van der Waals surface area contributed by atoms with Gasteiger partial charge < -0.3 is 9.64 Å². The predicted molar refractivity (Wildman–Crippen MR) is 83.6 cm³/mol. The van der Waals surface area contributed by atoms with Crippen molar-refractivity contribution in [3.05, 3.63) is 45.6 Å². The summed E-state index contributed by atoms with van der Waals surface area (Å²) in [5, 5.41) is 0. The summed E-state index contributed by atoms with van der Waals surface area (Å²) in [6.07, 6.45) is 10.5. The lowest BCUT2D eigenvalue weighted by molar-refractivity contribution is -0.135. The molecule has 2 rings (SSSR count). The summed E-state index contributed by atoms with van der Waals surface area (Å²) in [7, 11) is 5.16. The Kier molecular flexibility index (Phi) is 4.60. The third-order valence-corrected chi connectivity index (χ3v) is 3.91. The van der Waals surface area contributed by atoms with Gasteiger partial charge in [0.2, 0.25) is 0 Å². The van der Waals surface area contributed by atoms with Crippen LogP contribution in [0, 0.1) is 5.92 Å². The normalized spacial score (nSPS) is 21.5. The van der Waals surface area contributed by atoms with Gasteiger partial charge >= 0.3 is 5.97 Å². The molecule has 4 nitrogen and oxygen atoms in total. The van der Waals surface area contributed by atoms with Crippen molar-refractivity contribution in [2.75, 3.05) is 21.2 Å².